The van der Waals surface area contributed by atoms with E-state index in [-0.39, 0.29) is 69.4 Å². The fraction of sp³-hybridized carbons (Fsp3) is 0. The van der Waals surface area contributed by atoms with Crippen molar-refractivity contribution in [3.8, 4) is 0 Å². The number of ketones is 6. The number of rotatable bonds is 12. The second kappa shape index (κ2) is 28.1. The first-order valence-corrected chi connectivity index (χ1v) is 39.6. The maximum absolute atomic E-state index is 12.9. The molecule has 0 atom stereocenters. The maximum Gasteiger partial charge on any atom is 3.00 e. The molecular formula is C42H12Al4O42S12. The van der Waals surface area contributed by atoms with Gasteiger partial charge < -0.3 is 54.6 Å². The van der Waals surface area contributed by atoms with Gasteiger partial charge in [0.15, 0.2) is 34.7 Å². The van der Waals surface area contributed by atoms with Crippen LogP contribution in [-0.2, 0) is 121 Å². The summed E-state index contributed by atoms with van der Waals surface area (Å²) in [4.78, 5) is 46.1. The van der Waals surface area contributed by atoms with Crippen LogP contribution in [0.15, 0.2) is 132 Å². The molecule has 0 saturated carbocycles. The van der Waals surface area contributed by atoms with Gasteiger partial charge in [0.1, 0.15) is 121 Å². The second-order valence-corrected chi connectivity index (χ2v) is 34.1. The molecule has 0 heterocycles. The number of hydrogen-bond acceptors (Lipinski definition) is 42. The van der Waals surface area contributed by atoms with Crippen molar-refractivity contribution in [1.29, 1.82) is 0 Å². The fourth-order valence-electron chi connectivity index (χ4n) is 9.52. The molecule has 0 aliphatic heterocycles. The molecule has 58 heteroatoms. The van der Waals surface area contributed by atoms with Crippen LogP contribution in [0.3, 0.4) is 0 Å². The molecule has 0 bridgehead atoms. The first-order chi connectivity index (χ1) is 42.9. The van der Waals surface area contributed by atoms with E-state index in [1.54, 1.807) is 0 Å². The van der Waals surface area contributed by atoms with Crippen LogP contribution in [0, 0.1) is 0 Å². The van der Waals surface area contributed by atoms with Crippen molar-refractivity contribution in [2.45, 2.75) is 58.7 Å². The maximum atomic E-state index is 12.9. The van der Waals surface area contributed by atoms with Crippen LogP contribution in [0.1, 0.15) is 95.5 Å². The van der Waals surface area contributed by atoms with Crippen molar-refractivity contribution in [3.63, 3.8) is 0 Å². The summed E-state index contributed by atoms with van der Waals surface area (Å²) in [5, 5.41) is 0. The van der Waals surface area contributed by atoms with Crippen LogP contribution in [0.4, 0.5) is 0 Å². The van der Waals surface area contributed by atoms with Crippen molar-refractivity contribution in [3.05, 3.63) is 140 Å². The Hall–Kier alpha value is -5.61. The van der Waals surface area contributed by atoms with Gasteiger partial charge in [-0.3, -0.25) is 28.8 Å². The molecular weight excluding hydrogens is 1670 g/mol. The summed E-state index contributed by atoms with van der Waals surface area (Å²) in [6, 6.07) is 11.9. The molecule has 0 aromatic heterocycles. The van der Waals surface area contributed by atoms with Crippen molar-refractivity contribution in [1.82, 2.24) is 0 Å². The first-order valence-electron chi connectivity index (χ1n) is 22.7. The van der Waals surface area contributed by atoms with Gasteiger partial charge in [-0.15, -0.1) is 0 Å². The molecule has 0 unspecified atom stereocenters. The molecule has 6 aromatic carbocycles. The Kier molecular flexibility index (Phi) is 24.9. The molecule has 3 aliphatic rings. The van der Waals surface area contributed by atoms with Crippen LogP contribution in [0.5, 0.6) is 0 Å². The molecule has 9 rings (SSSR count). The Morgan fingerprint density at radius 2 is 0.240 bits per heavy atom. The molecule has 0 N–H and O–H groups in total. The monoisotopic (exact) mass is 1680 g/mol. The third-order valence-electron chi connectivity index (χ3n) is 12.6. The van der Waals surface area contributed by atoms with Gasteiger partial charge in [-0.2, -0.15) is 0 Å². The first kappa shape index (κ1) is 88.6. The minimum Gasteiger partial charge on any atom is -0.744 e. The fourth-order valence-corrected chi connectivity index (χ4v) is 24.0. The predicted octanol–water partition coefficient (Wildman–Crippen LogP) is -7.29. The van der Waals surface area contributed by atoms with Gasteiger partial charge in [0.25, 0.3) is 0 Å². The van der Waals surface area contributed by atoms with Gasteiger partial charge in [-0.1, -0.05) is 72.8 Å². The molecule has 0 spiro atoms. The largest absolute Gasteiger partial charge is 3.00 e. The van der Waals surface area contributed by atoms with E-state index >= 15 is 0 Å². The van der Waals surface area contributed by atoms with Crippen molar-refractivity contribution in [2.24, 2.45) is 0 Å². The van der Waals surface area contributed by atoms with Crippen molar-refractivity contribution in [2.75, 3.05) is 0 Å². The number of benzene rings is 6. The zero-order chi connectivity index (χ0) is 73.8. The summed E-state index contributed by atoms with van der Waals surface area (Å²) in [6.07, 6.45) is 0. The van der Waals surface area contributed by atoms with E-state index in [0.29, 0.717) is 0 Å². The van der Waals surface area contributed by atoms with Gasteiger partial charge in [0.2, 0.25) is 0 Å². The minimum atomic E-state index is -6.54. The Morgan fingerprint density at radius 1 is 0.160 bits per heavy atom. The quantitative estimate of drug-likeness (QED) is 0.0810. The van der Waals surface area contributed by atoms with E-state index < -0.39 is 282 Å². The van der Waals surface area contributed by atoms with Gasteiger partial charge in [-0.05, 0) is 0 Å². The van der Waals surface area contributed by atoms with E-state index in [2.05, 4.69) is 0 Å². The van der Waals surface area contributed by atoms with E-state index in [1.165, 1.54) is 0 Å². The average Bonchev–Trinajstić information content (AvgIpc) is 0.709. The van der Waals surface area contributed by atoms with Gasteiger partial charge in [-0.25, -0.2) is 101 Å². The number of fused-ring (bicyclic) bond motifs is 6. The van der Waals surface area contributed by atoms with E-state index in [4.69, 9.17) is 0 Å². The number of carbonyl (C=O) groups excluding carboxylic acids is 6. The van der Waals surface area contributed by atoms with E-state index in [0.717, 1.165) is 72.8 Å². The van der Waals surface area contributed by atoms with Crippen molar-refractivity contribution < 1.29 is 184 Å². The van der Waals surface area contributed by atoms with E-state index in [1.807, 2.05) is 0 Å². The Morgan fingerprint density at radius 3 is 0.310 bits per heavy atom. The summed E-state index contributed by atoms with van der Waals surface area (Å²) >= 11 is 0. The SMILES string of the molecule is O=C1c2ccccc2C(=O)c2c1c(S(=O)(=O)[O-])c(S(=O)(=O)[O-])c(S(=O)(=O)[O-])c2S(=O)(=O)[O-].O=C1c2ccccc2C(=O)c2c1c(S(=O)(=O)[O-])c(S(=O)(=O)[O-])c(S(=O)(=O)[O-])c2S(=O)(=O)[O-].O=C1c2ccccc2C(=O)c2c1c(S(=O)(=O)[O-])c(S(=O)(=O)[O-])c(S(=O)(=O)[O-])c2S(=O)(=O)[O-].[Al+3].[Al+3].[Al+3].[Al+3]. The number of carbonyl (C=O) groups is 6. The minimum absolute atomic E-state index is 0. The molecule has 3 aliphatic carbocycles. The van der Waals surface area contributed by atoms with Crippen LogP contribution >= 0.6 is 0 Å². The topological polar surface area (TPSA) is 789 Å². The Bertz CT molecular complexity index is 5290. The predicted molar refractivity (Wildman–Crippen MR) is 298 cm³/mol. The molecule has 42 nitrogen and oxygen atoms in total. The zero-order valence-electron chi connectivity index (χ0n) is 46.3. The van der Waals surface area contributed by atoms with E-state index in [9.17, 15) is 184 Å². The molecule has 0 fully saturated rings. The smallest absolute Gasteiger partial charge is 0.744 e. The molecule has 6 aromatic rings. The van der Waals surface area contributed by atoms with Crippen LogP contribution in [0.2, 0.25) is 0 Å². The summed E-state index contributed by atoms with van der Waals surface area (Å²) in [5.74, 6) is -10.2. The third kappa shape index (κ3) is 16.0. The molecule has 0 saturated heterocycles. The molecule has 0 radical (unpaired) electrons. The van der Waals surface area contributed by atoms with Crippen LogP contribution in [0.25, 0.3) is 0 Å². The average molecular weight is 1680 g/mol. The third-order valence-corrected chi connectivity index (χ3v) is 24.6. The molecule has 100 heavy (non-hydrogen) atoms. The normalized spacial score (nSPS) is 14.2. The van der Waals surface area contributed by atoms with Gasteiger partial charge >= 0.3 is 69.4 Å². The number of hydrogen-bond donors (Lipinski definition) is 0. The summed E-state index contributed by atoms with van der Waals surface area (Å²) in [7, 11) is -77.4. The zero-order valence-corrected chi connectivity index (χ0v) is 60.7. The van der Waals surface area contributed by atoms with Crippen LogP contribution < -0.4 is 0 Å². The Balaban J connectivity index is 0.000000382. The van der Waals surface area contributed by atoms with Gasteiger partial charge in [0.05, 0.1) is 92.1 Å². The molecule has 0 amide bonds. The second-order valence-electron chi connectivity index (χ2n) is 18.3. The summed E-state index contributed by atoms with van der Waals surface area (Å²) in [5.41, 5.74) is -15.2. The van der Waals surface area contributed by atoms with Gasteiger partial charge in [0, 0.05) is 33.4 Å². The Labute approximate surface area is 602 Å². The summed E-state index contributed by atoms with van der Waals surface area (Å²) < 4.78 is 424. The van der Waals surface area contributed by atoms with Crippen LogP contribution in [-0.4, -0.2) is 260 Å². The van der Waals surface area contributed by atoms with Crippen molar-refractivity contribution >= 4 is 226 Å². The molecule has 516 valence electrons. The standard InChI is InChI=1S/3C14H8O14S4.4Al/c3*15-9-5-3-1-2-4-6(5)10(16)8-7(9)11(29(17,18)19)13(31(23,24)25)14(32(26,27)28)12(8)30(20,21)22;;;;/h3*1-4H,(H,17,18,19)(H,20,21,22)(H,23,24,25)(H,26,27,28);;;;/q;;;4*+3/p-12. The summed E-state index contributed by atoms with van der Waals surface area (Å²) in [6.45, 7) is 0.